The number of fused-ring (bicyclic) bond motifs is 1. The predicted octanol–water partition coefficient (Wildman–Crippen LogP) is 2.71. The van der Waals surface area contributed by atoms with E-state index in [-0.39, 0.29) is 39.6 Å². The third-order valence-corrected chi connectivity index (χ3v) is 5.55. The molecule has 1 fully saturated rings. The molecule has 1 unspecified atom stereocenters. The van der Waals surface area contributed by atoms with E-state index < -0.39 is 11.5 Å². The number of carbonyl (C=O) groups is 1. The van der Waals surface area contributed by atoms with Crippen LogP contribution in [0.5, 0.6) is 5.75 Å². The van der Waals surface area contributed by atoms with Crippen LogP contribution in [0.25, 0.3) is 22.3 Å². The van der Waals surface area contributed by atoms with Gasteiger partial charge in [-0.05, 0) is 31.2 Å². The van der Waals surface area contributed by atoms with Crippen molar-refractivity contribution in [1.82, 2.24) is 19.9 Å². The van der Waals surface area contributed by atoms with E-state index in [9.17, 15) is 19.1 Å². The summed E-state index contributed by atoms with van der Waals surface area (Å²) in [4.78, 5) is 38.8. The van der Waals surface area contributed by atoms with Crippen LogP contribution in [0.1, 0.15) is 6.92 Å². The Balaban J connectivity index is 1.82. The largest absolute Gasteiger partial charge is 0.507 e. The molecule has 160 valence electrons. The van der Waals surface area contributed by atoms with Gasteiger partial charge in [0.25, 0.3) is 0 Å². The maximum Gasteiger partial charge on any atom is 0.348 e. The first-order chi connectivity index (χ1) is 14.8. The van der Waals surface area contributed by atoms with E-state index in [0.29, 0.717) is 30.8 Å². The van der Waals surface area contributed by atoms with Crippen LogP contribution in [0, 0.1) is 5.82 Å². The fraction of sp³-hybridized carbons (Fsp3) is 0.238. The highest BCUT2D eigenvalue weighted by molar-refractivity contribution is 6.34. The zero-order chi connectivity index (χ0) is 22.3. The van der Waals surface area contributed by atoms with Gasteiger partial charge in [0.05, 0.1) is 21.7 Å². The number of phenols is 1. The normalized spacial score (nSPS) is 16.5. The number of amides is 1. The summed E-state index contributed by atoms with van der Waals surface area (Å²) in [5.74, 6) is -0.797. The highest BCUT2D eigenvalue weighted by Gasteiger charge is 2.29. The molecule has 0 radical (unpaired) electrons. The Labute approximate surface area is 181 Å². The fourth-order valence-electron chi connectivity index (χ4n) is 3.78. The molecule has 3 heterocycles. The number of piperazine rings is 1. The lowest BCUT2D eigenvalue weighted by Crippen LogP contribution is -2.54. The maximum absolute atomic E-state index is 14.4. The van der Waals surface area contributed by atoms with Crippen molar-refractivity contribution in [3.8, 4) is 17.0 Å². The number of phenolic OH excluding ortho intramolecular Hbond substituents is 1. The molecule has 1 aliphatic rings. The second kappa shape index (κ2) is 7.99. The Kier molecular flexibility index (Phi) is 5.36. The zero-order valence-electron chi connectivity index (χ0n) is 16.6. The van der Waals surface area contributed by atoms with E-state index >= 15 is 0 Å². The van der Waals surface area contributed by atoms with Crippen molar-refractivity contribution < 1.29 is 14.3 Å². The van der Waals surface area contributed by atoms with Crippen LogP contribution in [0.3, 0.4) is 0 Å². The number of rotatable bonds is 3. The molecular weight excluding hydrogens is 425 g/mol. The molecule has 1 aliphatic heterocycles. The SMILES string of the molecule is C=CC(=O)N1CCN(c2nc(=O)[nH]c3nc(-c4c(O)cccc4F)c(Cl)cc23)C(C)C1. The van der Waals surface area contributed by atoms with E-state index in [1.54, 1.807) is 4.90 Å². The molecule has 0 spiro atoms. The van der Waals surface area contributed by atoms with Gasteiger partial charge in [-0.25, -0.2) is 14.2 Å². The Bertz CT molecular complexity index is 1240. The van der Waals surface area contributed by atoms with Gasteiger partial charge in [0.2, 0.25) is 5.91 Å². The first kappa shape index (κ1) is 20.8. The second-order valence-corrected chi connectivity index (χ2v) is 7.65. The average molecular weight is 444 g/mol. The molecule has 10 heteroatoms. The first-order valence-corrected chi connectivity index (χ1v) is 9.94. The van der Waals surface area contributed by atoms with Crippen molar-refractivity contribution in [1.29, 1.82) is 0 Å². The van der Waals surface area contributed by atoms with Crippen molar-refractivity contribution in [2.24, 2.45) is 0 Å². The van der Waals surface area contributed by atoms with Crippen LogP contribution in [0.2, 0.25) is 5.02 Å². The highest BCUT2D eigenvalue weighted by atomic mass is 35.5. The van der Waals surface area contributed by atoms with Gasteiger partial charge in [-0.15, -0.1) is 0 Å². The Hall–Kier alpha value is -3.46. The summed E-state index contributed by atoms with van der Waals surface area (Å²) in [6.07, 6.45) is 1.27. The quantitative estimate of drug-likeness (QED) is 0.603. The molecule has 3 aromatic rings. The third-order valence-electron chi connectivity index (χ3n) is 5.26. The average Bonchev–Trinajstić information content (AvgIpc) is 2.73. The summed E-state index contributed by atoms with van der Waals surface area (Å²) >= 11 is 6.41. The lowest BCUT2D eigenvalue weighted by atomic mass is 10.1. The Morgan fingerprint density at radius 3 is 2.84 bits per heavy atom. The topological polar surface area (TPSA) is 102 Å². The molecule has 2 N–H and O–H groups in total. The van der Waals surface area contributed by atoms with E-state index in [4.69, 9.17) is 11.6 Å². The molecule has 8 nitrogen and oxygen atoms in total. The number of nitrogens with zero attached hydrogens (tertiary/aromatic N) is 4. The molecular formula is C21H19ClFN5O3. The van der Waals surface area contributed by atoms with Gasteiger partial charge in [-0.1, -0.05) is 24.2 Å². The number of hydrogen-bond acceptors (Lipinski definition) is 6. The summed E-state index contributed by atoms with van der Waals surface area (Å²) < 4.78 is 14.4. The van der Waals surface area contributed by atoms with Crippen LogP contribution in [-0.4, -0.2) is 56.5 Å². The summed E-state index contributed by atoms with van der Waals surface area (Å²) in [6.45, 7) is 6.75. The molecule has 0 aliphatic carbocycles. The molecule has 0 bridgehead atoms. The molecule has 1 amide bonds. The van der Waals surface area contributed by atoms with Crippen LogP contribution in [0.4, 0.5) is 10.2 Å². The minimum Gasteiger partial charge on any atom is -0.507 e. The van der Waals surface area contributed by atoms with Crippen molar-refractivity contribution in [3.05, 3.63) is 58.2 Å². The number of aromatic hydroxyl groups is 1. The molecule has 2 aromatic heterocycles. The van der Waals surface area contributed by atoms with Gasteiger partial charge in [0.1, 0.15) is 23.0 Å². The van der Waals surface area contributed by atoms with Gasteiger partial charge in [0.15, 0.2) is 0 Å². The lowest BCUT2D eigenvalue weighted by Gasteiger charge is -2.40. The smallest absolute Gasteiger partial charge is 0.348 e. The Morgan fingerprint density at radius 1 is 1.39 bits per heavy atom. The number of nitrogens with one attached hydrogen (secondary N) is 1. The van der Waals surface area contributed by atoms with Gasteiger partial charge in [0, 0.05) is 25.7 Å². The monoisotopic (exact) mass is 443 g/mol. The van der Waals surface area contributed by atoms with Crippen LogP contribution in [-0.2, 0) is 4.79 Å². The number of pyridine rings is 1. The van der Waals surface area contributed by atoms with Crippen molar-refractivity contribution in [3.63, 3.8) is 0 Å². The lowest BCUT2D eigenvalue weighted by molar-refractivity contribution is -0.126. The van der Waals surface area contributed by atoms with Crippen molar-refractivity contribution >= 4 is 34.4 Å². The van der Waals surface area contributed by atoms with Gasteiger partial charge < -0.3 is 14.9 Å². The number of benzene rings is 1. The van der Waals surface area contributed by atoms with E-state index in [1.165, 1.54) is 30.3 Å². The maximum atomic E-state index is 14.4. The summed E-state index contributed by atoms with van der Waals surface area (Å²) in [5.41, 5.74) is -0.614. The number of aromatic nitrogens is 3. The molecule has 1 aromatic carbocycles. The van der Waals surface area contributed by atoms with E-state index in [1.807, 2.05) is 11.8 Å². The molecule has 0 saturated carbocycles. The first-order valence-electron chi connectivity index (χ1n) is 9.56. The number of hydrogen-bond donors (Lipinski definition) is 2. The second-order valence-electron chi connectivity index (χ2n) is 7.25. The van der Waals surface area contributed by atoms with Crippen LogP contribution < -0.4 is 10.6 Å². The zero-order valence-corrected chi connectivity index (χ0v) is 17.4. The standard InChI is InChI=1S/C21H19ClFN5O3/c1-3-16(30)27-7-8-28(11(2)10-27)20-12-9-13(22)18(24-19(12)25-21(31)26-20)17-14(23)5-4-6-15(17)29/h3-6,9,11,29H,1,7-8,10H2,2H3,(H,24,25,26,31). The molecule has 31 heavy (non-hydrogen) atoms. The van der Waals surface area contributed by atoms with E-state index in [2.05, 4.69) is 21.5 Å². The number of H-pyrrole nitrogens is 1. The van der Waals surface area contributed by atoms with E-state index in [0.717, 1.165) is 0 Å². The number of anilines is 1. The summed E-state index contributed by atoms with van der Waals surface area (Å²) in [6, 6.07) is 5.28. The molecule has 4 rings (SSSR count). The molecule has 1 atom stereocenters. The number of aromatic amines is 1. The highest BCUT2D eigenvalue weighted by Crippen LogP contribution is 2.37. The molecule has 1 saturated heterocycles. The number of halogens is 2. The fourth-order valence-corrected chi connectivity index (χ4v) is 4.03. The predicted molar refractivity (Wildman–Crippen MR) is 116 cm³/mol. The van der Waals surface area contributed by atoms with Crippen molar-refractivity contribution in [2.75, 3.05) is 24.5 Å². The summed E-state index contributed by atoms with van der Waals surface area (Å²) in [7, 11) is 0. The van der Waals surface area contributed by atoms with Gasteiger partial charge >= 0.3 is 5.69 Å². The van der Waals surface area contributed by atoms with Crippen LogP contribution >= 0.6 is 11.6 Å². The third kappa shape index (κ3) is 3.72. The minimum absolute atomic E-state index is 0.00649. The van der Waals surface area contributed by atoms with Crippen LogP contribution in [0.15, 0.2) is 41.7 Å². The Morgan fingerprint density at radius 2 is 2.16 bits per heavy atom. The van der Waals surface area contributed by atoms with Gasteiger partial charge in [-0.2, -0.15) is 4.98 Å². The number of carbonyl (C=O) groups excluding carboxylic acids is 1. The minimum atomic E-state index is -0.693. The summed E-state index contributed by atoms with van der Waals surface area (Å²) in [5, 5.41) is 10.7. The van der Waals surface area contributed by atoms with Crippen molar-refractivity contribution in [2.45, 2.75) is 13.0 Å². The van der Waals surface area contributed by atoms with Gasteiger partial charge in [-0.3, -0.25) is 9.78 Å².